The molecule has 1 atom stereocenters. The predicted octanol–water partition coefficient (Wildman–Crippen LogP) is 3.07. The van der Waals surface area contributed by atoms with Crippen molar-refractivity contribution in [3.8, 4) is 17.4 Å². The standard InChI is InChI=1S/C19H22N2O4/c1-23-15-8-2-3-9-16(15)25-19-14(7-6-11-20-19)13-21-18(22)17-10-4-5-12-24-17/h2-3,6-9,11,17H,4-5,10,12-13H2,1H3,(H,21,22). The molecule has 1 unspecified atom stereocenters. The Kier molecular flexibility index (Phi) is 5.85. The predicted molar refractivity (Wildman–Crippen MR) is 92.7 cm³/mol. The van der Waals surface area contributed by atoms with Crippen LogP contribution in [0.4, 0.5) is 0 Å². The van der Waals surface area contributed by atoms with Crippen LogP contribution in [0.25, 0.3) is 0 Å². The Morgan fingerprint density at radius 2 is 2.08 bits per heavy atom. The summed E-state index contributed by atoms with van der Waals surface area (Å²) in [4.78, 5) is 16.5. The largest absolute Gasteiger partial charge is 0.493 e. The van der Waals surface area contributed by atoms with Gasteiger partial charge in [0, 0.05) is 24.9 Å². The van der Waals surface area contributed by atoms with E-state index in [4.69, 9.17) is 14.2 Å². The first-order valence-corrected chi connectivity index (χ1v) is 8.42. The molecule has 25 heavy (non-hydrogen) atoms. The fraction of sp³-hybridized carbons (Fsp3) is 0.368. The molecule has 1 aromatic heterocycles. The van der Waals surface area contributed by atoms with E-state index in [2.05, 4.69) is 10.3 Å². The van der Waals surface area contributed by atoms with E-state index in [9.17, 15) is 4.79 Å². The second-order valence-corrected chi connectivity index (χ2v) is 5.79. The number of pyridine rings is 1. The van der Waals surface area contributed by atoms with Crippen molar-refractivity contribution in [2.24, 2.45) is 0 Å². The number of aromatic nitrogens is 1. The van der Waals surface area contributed by atoms with Crippen molar-refractivity contribution in [2.75, 3.05) is 13.7 Å². The van der Waals surface area contributed by atoms with E-state index in [-0.39, 0.29) is 12.0 Å². The molecule has 0 bridgehead atoms. The average molecular weight is 342 g/mol. The third kappa shape index (κ3) is 4.48. The van der Waals surface area contributed by atoms with Gasteiger partial charge in [-0.2, -0.15) is 0 Å². The van der Waals surface area contributed by atoms with Crippen LogP contribution in [0.1, 0.15) is 24.8 Å². The summed E-state index contributed by atoms with van der Waals surface area (Å²) in [5, 5.41) is 2.91. The van der Waals surface area contributed by atoms with Crippen LogP contribution in [-0.4, -0.2) is 30.7 Å². The Labute approximate surface area is 147 Å². The molecule has 2 aromatic rings. The summed E-state index contributed by atoms with van der Waals surface area (Å²) < 4.78 is 16.7. The molecule has 3 rings (SSSR count). The molecule has 1 aliphatic heterocycles. The van der Waals surface area contributed by atoms with Gasteiger partial charge in [-0.25, -0.2) is 4.98 Å². The molecule has 132 valence electrons. The zero-order chi connectivity index (χ0) is 17.5. The molecular weight excluding hydrogens is 320 g/mol. The van der Waals surface area contributed by atoms with Crippen LogP contribution in [0.5, 0.6) is 17.4 Å². The van der Waals surface area contributed by atoms with E-state index < -0.39 is 0 Å². The highest BCUT2D eigenvalue weighted by Crippen LogP contribution is 2.31. The lowest BCUT2D eigenvalue weighted by atomic mass is 10.1. The molecule has 1 saturated heterocycles. The second-order valence-electron chi connectivity index (χ2n) is 5.79. The summed E-state index contributed by atoms with van der Waals surface area (Å²) in [5.41, 5.74) is 0.789. The monoisotopic (exact) mass is 342 g/mol. The van der Waals surface area contributed by atoms with Crippen LogP contribution in [0, 0.1) is 0 Å². The normalized spacial score (nSPS) is 16.9. The quantitative estimate of drug-likeness (QED) is 0.874. The van der Waals surface area contributed by atoms with Gasteiger partial charge in [0.25, 0.3) is 0 Å². The van der Waals surface area contributed by atoms with E-state index in [0.29, 0.717) is 30.5 Å². The van der Waals surface area contributed by atoms with Gasteiger partial charge in [0.1, 0.15) is 6.10 Å². The van der Waals surface area contributed by atoms with Gasteiger partial charge in [-0.1, -0.05) is 18.2 Å². The summed E-state index contributed by atoms with van der Waals surface area (Å²) in [5.74, 6) is 1.55. The molecule has 1 aliphatic rings. The summed E-state index contributed by atoms with van der Waals surface area (Å²) >= 11 is 0. The van der Waals surface area contributed by atoms with Crippen molar-refractivity contribution in [1.82, 2.24) is 10.3 Å². The zero-order valence-corrected chi connectivity index (χ0v) is 14.2. The van der Waals surface area contributed by atoms with Gasteiger partial charge < -0.3 is 19.5 Å². The number of ether oxygens (including phenoxy) is 3. The fourth-order valence-corrected chi connectivity index (χ4v) is 2.70. The minimum Gasteiger partial charge on any atom is -0.493 e. The maximum absolute atomic E-state index is 12.2. The van der Waals surface area contributed by atoms with Crippen molar-refractivity contribution in [2.45, 2.75) is 31.9 Å². The van der Waals surface area contributed by atoms with Gasteiger partial charge in [-0.15, -0.1) is 0 Å². The zero-order valence-electron chi connectivity index (χ0n) is 14.2. The Morgan fingerprint density at radius 1 is 1.24 bits per heavy atom. The number of para-hydroxylation sites is 2. The van der Waals surface area contributed by atoms with Crippen LogP contribution in [0.3, 0.4) is 0 Å². The van der Waals surface area contributed by atoms with Crippen LogP contribution in [0.2, 0.25) is 0 Å². The number of amides is 1. The number of hydrogen-bond donors (Lipinski definition) is 1. The average Bonchev–Trinajstić information content (AvgIpc) is 2.68. The van der Waals surface area contributed by atoms with Crippen molar-refractivity contribution < 1.29 is 19.0 Å². The van der Waals surface area contributed by atoms with Crippen LogP contribution >= 0.6 is 0 Å². The molecule has 0 aliphatic carbocycles. The van der Waals surface area contributed by atoms with Crippen molar-refractivity contribution in [1.29, 1.82) is 0 Å². The van der Waals surface area contributed by atoms with Crippen LogP contribution in [0.15, 0.2) is 42.6 Å². The first-order valence-electron chi connectivity index (χ1n) is 8.42. The maximum Gasteiger partial charge on any atom is 0.249 e. The second kappa shape index (κ2) is 8.48. The van der Waals surface area contributed by atoms with Crippen LogP contribution in [-0.2, 0) is 16.1 Å². The van der Waals surface area contributed by atoms with E-state index in [0.717, 1.165) is 24.8 Å². The molecular formula is C19H22N2O4. The van der Waals surface area contributed by atoms with Crippen molar-refractivity contribution in [3.63, 3.8) is 0 Å². The van der Waals surface area contributed by atoms with E-state index >= 15 is 0 Å². The minimum absolute atomic E-state index is 0.0909. The van der Waals surface area contributed by atoms with Gasteiger partial charge >= 0.3 is 0 Å². The Morgan fingerprint density at radius 3 is 2.84 bits per heavy atom. The molecule has 1 aromatic carbocycles. The smallest absolute Gasteiger partial charge is 0.249 e. The summed E-state index contributed by atoms with van der Waals surface area (Å²) in [7, 11) is 1.59. The SMILES string of the molecule is COc1ccccc1Oc1ncccc1CNC(=O)C1CCCCO1. The molecule has 0 saturated carbocycles. The Bertz CT molecular complexity index is 714. The number of methoxy groups -OCH3 is 1. The van der Waals surface area contributed by atoms with E-state index in [1.807, 2.05) is 36.4 Å². The third-order valence-corrected chi connectivity index (χ3v) is 4.05. The lowest BCUT2D eigenvalue weighted by Gasteiger charge is -2.21. The summed E-state index contributed by atoms with van der Waals surface area (Å²) in [6.07, 6.45) is 4.10. The topological polar surface area (TPSA) is 69.7 Å². The molecule has 2 heterocycles. The number of carbonyl (C=O) groups is 1. The molecule has 0 radical (unpaired) electrons. The van der Waals surface area contributed by atoms with Gasteiger partial charge in [0.15, 0.2) is 11.5 Å². The first kappa shape index (κ1) is 17.2. The Hall–Kier alpha value is -2.60. The molecule has 1 fully saturated rings. The molecule has 1 amide bonds. The Balaban J connectivity index is 1.67. The summed E-state index contributed by atoms with van der Waals surface area (Å²) in [6, 6.07) is 11.1. The highest BCUT2D eigenvalue weighted by atomic mass is 16.5. The molecule has 6 nitrogen and oxygen atoms in total. The highest BCUT2D eigenvalue weighted by molar-refractivity contribution is 5.80. The van der Waals surface area contributed by atoms with Crippen molar-refractivity contribution >= 4 is 5.91 Å². The lowest BCUT2D eigenvalue weighted by Crippen LogP contribution is -2.38. The summed E-state index contributed by atoms with van der Waals surface area (Å²) in [6.45, 7) is 0.976. The number of hydrogen-bond acceptors (Lipinski definition) is 5. The highest BCUT2D eigenvalue weighted by Gasteiger charge is 2.22. The molecule has 0 spiro atoms. The number of carbonyl (C=O) groups excluding carboxylic acids is 1. The van der Waals surface area contributed by atoms with Crippen molar-refractivity contribution in [3.05, 3.63) is 48.2 Å². The van der Waals surface area contributed by atoms with Gasteiger partial charge in [-0.05, 0) is 37.5 Å². The number of nitrogens with one attached hydrogen (secondary N) is 1. The molecule has 1 N–H and O–H groups in total. The van der Waals surface area contributed by atoms with Gasteiger partial charge in [0.05, 0.1) is 7.11 Å². The van der Waals surface area contributed by atoms with Crippen LogP contribution < -0.4 is 14.8 Å². The third-order valence-electron chi connectivity index (χ3n) is 4.05. The molecule has 6 heteroatoms. The van der Waals surface area contributed by atoms with E-state index in [1.54, 1.807) is 13.3 Å². The lowest BCUT2D eigenvalue weighted by molar-refractivity contribution is -0.135. The fourth-order valence-electron chi connectivity index (χ4n) is 2.70. The number of rotatable bonds is 6. The number of nitrogens with zero attached hydrogens (tertiary/aromatic N) is 1. The minimum atomic E-state index is -0.357. The van der Waals surface area contributed by atoms with E-state index in [1.165, 1.54) is 0 Å². The van der Waals surface area contributed by atoms with Gasteiger partial charge in [-0.3, -0.25) is 4.79 Å². The number of benzene rings is 1. The maximum atomic E-state index is 12.2. The van der Waals surface area contributed by atoms with Gasteiger partial charge in [0.2, 0.25) is 11.8 Å². The first-order chi connectivity index (χ1) is 12.3.